The Bertz CT molecular complexity index is 307. The molecule has 1 aromatic rings. The Hall–Kier alpha value is 0.0700. The Labute approximate surface area is 90.9 Å². The number of aromatic nitrogens is 1. The van der Waals surface area contributed by atoms with Crippen LogP contribution in [0, 0.1) is 0 Å². The van der Waals surface area contributed by atoms with Crippen LogP contribution in [0.2, 0.25) is 0 Å². The van der Waals surface area contributed by atoms with E-state index in [0.29, 0.717) is 6.04 Å². The maximum atomic E-state index is 4.54. The highest BCUT2D eigenvalue weighted by Gasteiger charge is 2.28. The molecule has 1 atom stereocenters. The van der Waals surface area contributed by atoms with E-state index in [4.69, 9.17) is 0 Å². The molecule has 1 aliphatic rings. The molecule has 0 saturated heterocycles. The van der Waals surface area contributed by atoms with Crippen LogP contribution >= 0.6 is 27.3 Å². The summed E-state index contributed by atoms with van der Waals surface area (Å²) in [4.78, 5) is 5.86. The van der Waals surface area contributed by atoms with Crippen LogP contribution in [0.25, 0.3) is 0 Å². The molecule has 0 spiro atoms. The molecule has 2 rings (SSSR count). The van der Waals surface area contributed by atoms with E-state index in [0.717, 1.165) is 10.5 Å². The normalized spacial score (nSPS) is 19.0. The van der Waals surface area contributed by atoms with Crippen LogP contribution in [0.4, 0.5) is 0 Å². The number of nitrogens with one attached hydrogen (secondary N) is 1. The number of hydrogen-bond acceptors (Lipinski definition) is 3. The molecule has 1 aromatic heterocycles. The van der Waals surface area contributed by atoms with Crippen LogP contribution in [0.1, 0.15) is 41.6 Å². The van der Waals surface area contributed by atoms with Crippen molar-refractivity contribution in [3.63, 3.8) is 0 Å². The first-order chi connectivity index (χ1) is 6.22. The van der Waals surface area contributed by atoms with Crippen molar-refractivity contribution in [3.05, 3.63) is 14.5 Å². The summed E-state index contributed by atoms with van der Waals surface area (Å²) in [5, 5.41) is 4.54. The summed E-state index contributed by atoms with van der Waals surface area (Å²) in [5.74, 6) is 0.763. The Morgan fingerprint density at radius 1 is 1.62 bits per heavy atom. The molecular formula is C9H13BrN2S. The van der Waals surface area contributed by atoms with E-state index in [9.17, 15) is 0 Å². The lowest BCUT2D eigenvalue weighted by Gasteiger charge is -2.06. The number of thiazole rings is 1. The van der Waals surface area contributed by atoms with Gasteiger partial charge in [-0.3, -0.25) is 0 Å². The highest BCUT2D eigenvalue weighted by atomic mass is 79.9. The molecule has 0 radical (unpaired) electrons. The van der Waals surface area contributed by atoms with Crippen molar-refractivity contribution >= 4 is 27.3 Å². The monoisotopic (exact) mass is 260 g/mol. The van der Waals surface area contributed by atoms with Gasteiger partial charge in [0.25, 0.3) is 0 Å². The van der Waals surface area contributed by atoms with E-state index in [1.807, 2.05) is 18.4 Å². The molecule has 1 unspecified atom stereocenters. The van der Waals surface area contributed by atoms with Crippen LogP contribution < -0.4 is 5.32 Å². The molecule has 1 heterocycles. The first-order valence-electron chi connectivity index (χ1n) is 4.55. The van der Waals surface area contributed by atoms with Crippen molar-refractivity contribution in [1.29, 1.82) is 0 Å². The first-order valence-corrected chi connectivity index (χ1v) is 6.16. The third-order valence-corrected chi connectivity index (χ3v) is 4.65. The minimum atomic E-state index is 0.402. The van der Waals surface area contributed by atoms with Gasteiger partial charge in [0.2, 0.25) is 0 Å². The van der Waals surface area contributed by atoms with Gasteiger partial charge < -0.3 is 5.32 Å². The van der Waals surface area contributed by atoms with Gasteiger partial charge in [0, 0.05) is 12.0 Å². The van der Waals surface area contributed by atoms with Crippen LogP contribution in [0.3, 0.4) is 0 Å². The number of rotatable bonds is 3. The summed E-state index contributed by atoms with van der Waals surface area (Å²) in [6, 6.07) is 0.402. The predicted molar refractivity (Wildman–Crippen MR) is 59.3 cm³/mol. The van der Waals surface area contributed by atoms with E-state index in [2.05, 4.69) is 33.2 Å². The van der Waals surface area contributed by atoms with Crippen molar-refractivity contribution < 1.29 is 0 Å². The molecule has 0 aliphatic heterocycles. The Kier molecular flexibility index (Phi) is 2.72. The molecule has 1 N–H and O–H groups in total. The van der Waals surface area contributed by atoms with Crippen molar-refractivity contribution in [1.82, 2.24) is 10.3 Å². The largest absolute Gasteiger partial charge is 0.312 e. The molecule has 1 saturated carbocycles. The SMILES string of the molecule is CNC(C)c1sc(C2CC2)nc1Br. The third-order valence-electron chi connectivity index (χ3n) is 2.38. The Morgan fingerprint density at radius 3 is 2.85 bits per heavy atom. The summed E-state index contributed by atoms with van der Waals surface area (Å²) >= 11 is 5.36. The Morgan fingerprint density at radius 2 is 2.31 bits per heavy atom. The van der Waals surface area contributed by atoms with E-state index in [-0.39, 0.29) is 0 Å². The molecule has 0 aromatic carbocycles. The van der Waals surface area contributed by atoms with Gasteiger partial charge in [0.1, 0.15) is 4.60 Å². The van der Waals surface area contributed by atoms with Gasteiger partial charge in [-0.25, -0.2) is 4.98 Å². The molecule has 4 heteroatoms. The van der Waals surface area contributed by atoms with Crippen molar-refractivity contribution in [2.75, 3.05) is 7.05 Å². The zero-order valence-electron chi connectivity index (χ0n) is 7.80. The minimum absolute atomic E-state index is 0.402. The zero-order chi connectivity index (χ0) is 9.42. The first kappa shape index (κ1) is 9.62. The van der Waals surface area contributed by atoms with Gasteiger partial charge in [0.15, 0.2) is 0 Å². The van der Waals surface area contributed by atoms with E-state index >= 15 is 0 Å². The molecule has 1 aliphatic carbocycles. The van der Waals surface area contributed by atoms with Crippen LogP contribution in [-0.2, 0) is 0 Å². The van der Waals surface area contributed by atoms with Gasteiger partial charge in [-0.05, 0) is 42.7 Å². The summed E-state index contributed by atoms with van der Waals surface area (Å²) in [6.45, 7) is 2.16. The summed E-state index contributed by atoms with van der Waals surface area (Å²) in [6.07, 6.45) is 2.65. The smallest absolute Gasteiger partial charge is 0.122 e. The van der Waals surface area contributed by atoms with Gasteiger partial charge in [0.05, 0.1) is 9.88 Å². The summed E-state index contributed by atoms with van der Waals surface area (Å²) in [7, 11) is 1.98. The molecular weight excluding hydrogens is 248 g/mol. The third kappa shape index (κ3) is 1.95. The maximum Gasteiger partial charge on any atom is 0.122 e. The van der Waals surface area contributed by atoms with E-state index in [1.54, 1.807) is 0 Å². The number of hydrogen-bond donors (Lipinski definition) is 1. The van der Waals surface area contributed by atoms with Crippen LogP contribution in [-0.4, -0.2) is 12.0 Å². The standard InChI is InChI=1S/C9H13BrN2S/c1-5(11-2)7-8(10)12-9(13-7)6-3-4-6/h5-6,11H,3-4H2,1-2H3. The van der Waals surface area contributed by atoms with Crippen LogP contribution in [0.5, 0.6) is 0 Å². The molecule has 72 valence electrons. The van der Waals surface area contributed by atoms with Gasteiger partial charge in [-0.2, -0.15) is 0 Å². The second kappa shape index (κ2) is 3.67. The molecule has 0 bridgehead atoms. The lowest BCUT2D eigenvalue weighted by atomic mass is 10.3. The van der Waals surface area contributed by atoms with Crippen molar-refractivity contribution in [2.45, 2.75) is 31.7 Å². The lowest BCUT2D eigenvalue weighted by molar-refractivity contribution is 0.659. The maximum absolute atomic E-state index is 4.54. The second-order valence-electron chi connectivity index (χ2n) is 3.49. The topological polar surface area (TPSA) is 24.9 Å². The fourth-order valence-corrected chi connectivity index (χ4v) is 3.32. The van der Waals surface area contributed by atoms with Gasteiger partial charge in [-0.15, -0.1) is 11.3 Å². The average molecular weight is 261 g/mol. The molecule has 0 amide bonds. The summed E-state index contributed by atoms with van der Waals surface area (Å²) in [5.41, 5.74) is 0. The predicted octanol–water partition coefficient (Wildman–Crippen LogP) is 3.06. The van der Waals surface area contributed by atoms with Crippen molar-refractivity contribution in [3.8, 4) is 0 Å². The number of nitrogens with zero attached hydrogens (tertiary/aromatic N) is 1. The molecule has 2 nitrogen and oxygen atoms in total. The average Bonchev–Trinajstić information content (AvgIpc) is 2.89. The lowest BCUT2D eigenvalue weighted by Crippen LogP contribution is -2.11. The van der Waals surface area contributed by atoms with E-state index in [1.165, 1.54) is 22.7 Å². The van der Waals surface area contributed by atoms with Gasteiger partial charge >= 0.3 is 0 Å². The van der Waals surface area contributed by atoms with Crippen molar-refractivity contribution in [2.24, 2.45) is 0 Å². The minimum Gasteiger partial charge on any atom is -0.312 e. The molecule has 1 fully saturated rings. The number of halogens is 1. The highest BCUT2D eigenvalue weighted by Crippen LogP contribution is 2.44. The Balaban J connectivity index is 2.24. The quantitative estimate of drug-likeness (QED) is 0.904. The molecule has 13 heavy (non-hydrogen) atoms. The summed E-state index contributed by atoms with van der Waals surface area (Å²) < 4.78 is 1.03. The fraction of sp³-hybridized carbons (Fsp3) is 0.667. The fourth-order valence-electron chi connectivity index (χ4n) is 1.23. The zero-order valence-corrected chi connectivity index (χ0v) is 10.2. The van der Waals surface area contributed by atoms with Crippen LogP contribution in [0.15, 0.2) is 4.60 Å². The highest BCUT2D eigenvalue weighted by molar-refractivity contribution is 9.10. The van der Waals surface area contributed by atoms with E-state index < -0.39 is 0 Å². The second-order valence-corrected chi connectivity index (χ2v) is 5.31. The van der Waals surface area contributed by atoms with Gasteiger partial charge in [-0.1, -0.05) is 0 Å².